The third kappa shape index (κ3) is 5.09. The van der Waals surface area contributed by atoms with E-state index in [2.05, 4.69) is 15.3 Å². The van der Waals surface area contributed by atoms with Crippen molar-refractivity contribution in [3.05, 3.63) is 35.9 Å². The molecular formula is C19H23N3O6. The smallest absolute Gasteiger partial charge is 0.328 e. The topological polar surface area (TPSA) is 109 Å². The third-order valence-electron chi connectivity index (χ3n) is 3.80. The lowest BCUT2D eigenvalue weighted by atomic mass is 10.0. The van der Waals surface area contributed by atoms with Gasteiger partial charge in [0.1, 0.15) is 11.8 Å². The fraction of sp³-hybridized carbons (Fsp3) is 0.368. The molecule has 0 aliphatic carbocycles. The fourth-order valence-electron chi connectivity index (χ4n) is 2.33. The van der Waals surface area contributed by atoms with Gasteiger partial charge >= 0.3 is 12.0 Å². The fourth-order valence-corrected chi connectivity index (χ4v) is 2.33. The average molecular weight is 389 g/mol. The van der Waals surface area contributed by atoms with E-state index in [-0.39, 0.29) is 35.0 Å². The molecule has 0 spiro atoms. The van der Waals surface area contributed by atoms with Crippen molar-refractivity contribution in [2.75, 3.05) is 21.3 Å². The molecule has 1 amide bonds. The second-order valence-corrected chi connectivity index (χ2v) is 6.05. The molecule has 0 aliphatic heterocycles. The molecule has 2 rings (SSSR count). The Balaban J connectivity index is 2.30. The lowest BCUT2D eigenvalue weighted by Gasteiger charge is -2.20. The van der Waals surface area contributed by atoms with Gasteiger partial charge in [0.05, 0.1) is 33.0 Å². The number of rotatable bonds is 8. The highest BCUT2D eigenvalue weighted by molar-refractivity contribution is 5.99. The van der Waals surface area contributed by atoms with Crippen molar-refractivity contribution >= 4 is 11.9 Å². The standard InChI is InChI=1S/C19H23N3O6/c1-11(2)16(18(24)26-4)22-17(23)12-8-6-7-9-13(12)28-15-10-14(25-3)20-19(21-15)27-5/h6-11,16H,1-5H3,(H,22,23)/t16-/m0/s1. The van der Waals surface area contributed by atoms with E-state index in [0.717, 1.165) is 0 Å². The molecule has 9 heteroatoms. The predicted octanol–water partition coefficient (Wildman–Crippen LogP) is 2.21. The summed E-state index contributed by atoms with van der Waals surface area (Å²) in [6.45, 7) is 3.62. The summed E-state index contributed by atoms with van der Waals surface area (Å²) in [7, 11) is 4.14. The van der Waals surface area contributed by atoms with Crippen LogP contribution in [0.25, 0.3) is 0 Å². The van der Waals surface area contributed by atoms with E-state index >= 15 is 0 Å². The number of methoxy groups -OCH3 is 3. The van der Waals surface area contributed by atoms with Crippen molar-refractivity contribution in [1.29, 1.82) is 0 Å². The van der Waals surface area contributed by atoms with Crippen LogP contribution in [-0.4, -0.2) is 49.2 Å². The highest BCUT2D eigenvalue weighted by atomic mass is 16.5. The second-order valence-electron chi connectivity index (χ2n) is 6.05. The van der Waals surface area contributed by atoms with Gasteiger partial charge in [0.15, 0.2) is 0 Å². The van der Waals surface area contributed by atoms with Crippen LogP contribution in [0.3, 0.4) is 0 Å². The highest BCUT2D eigenvalue weighted by Gasteiger charge is 2.26. The molecule has 9 nitrogen and oxygen atoms in total. The number of aromatic nitrogens is 2. The summed E-state index contributed by atoms with van der Waals surface area (Å²) in [6.07, 6.45) is 0. The van der Waals surface area contributed by atoms with Crippen molar-refractivity contribution < 1.29 is 28.5 Å². The van der Waals surface area contributed by atoms with Crippen LogP contribution >= 0.6 is 0 Å². The van der Waals surface area contributed by atoms with Crippen molar-refractivity contribution in [1.82, 2.24) is 15.3 Å². The Morgan fingerprint density at radius 3 is 2.29 bits per heavy atom. The van der Waals surface area contributed by atoms with Crippen LogP contribution in [0.15, 0.2) is 30.3 Å². The summed E-state index contributed by atoms with van der Waals surface area (Å²) in [5.74, 6) is -0.526. The van der Waals surface area contributed by atoms with Crippen molar-refractivity contribution in [3.63, 3.8) is 0 Å². The minimum atomic E-state index is -0.787. The molecule has 0 aliphatic rings. The largest absolute Gasteiger partial charge is 0.481 e. The van der Waals surface area contributed by atoms with E-state index in [0.29, 0.717) is 0 Å². The maximum Gasteiger partial charge on any atom is 0.328 e. The molecule has 0 radical (unpaired) electrons. The summed E-state index contributed by atoms with van der Waals surface area (Å²) in [5.41, 5.74) is 0.230. The first-order valence-electron chi connectivity index (χ1n) is 8.52. The van der Waals surface area contributed by atoms with Crippen LogP contribution in [0.1, 0.15) is 24.2 Å². The van der Waals surface area contributed by atoms with Gasteiger partial charge in [-0.15, -0.1) is 0 Å². The molecule has 1 atom stereocenters. The lowest BCUT2D eigenvalue weighted by molar-refractivity contribution is -0.144. The Hall–Kier alpha value is -3.36. The first-order valence-corrected chi connectivity index (χ1v) is 8.52. The van der Waals surface area contributed by atoms with Gasteiger partial charge in [-0.2, -0.15) is 9.97 Å². The lowest BCUT2D eigenvalue weighted by Crippen LogP contribution is -2.45. The van der Waals surface area contributed by atoms with Crippen LogP contribution in [0.5, 0.6) is 23.5 Å². The number of hydrogen-bond donors (Lipinski definition) is 1. The first kappa shape index (κ1) is 20.9. The maximum absolute atomic E-state index is 12.8. The quantitative estimate of drug-likeness (QED) is 0.685. The summed E-state index contributed by atoms with van der Waals surface area (Å²) < 4.78 is 20.6. The summed E-state index contributed by atoms with van der Waals surface area (Å²) in [5, 5.41) is 2.68. The summed E-state index contributed by atoms with van der Waals surface area (Å²) in [4.78, 5) is 32.8. The molecule has 1 heterocycles. The Bertz CT molecular complexity index is 818. The van der Waals surface area contributed by atoms with Gasteiger partial charge in [0.2, 0.25) is 11.8 Å². The number of hydrogen-bond acceptors (Lipinski definition) is 8. The minimum absolute atomic E-state index is 0.0573. The highest BCUT2D eigenvalue weighted by Crippen LogP contribution is 2.27. The van der Waals surface area contributed by atoms with E-state index in [4.69, 9.17) is 18.9 Å². The number of nitrogens with zero attached hydrogens (tertiary/aromatic N) is 2. The van der Waals surface area contributed by atoms with E-state index < -0.39 is 17.9 Å². The van der Waals surface area contributed by atoms with Gasteiger partial charge in [-0.05, 0) is 18.1 Å². The molecule has 0 bridgehead atoms. The zero-order chi connectivity index (χ0) is 20.7. The van der Waals surface area contributed by atoms with Gasteiger partial charge in [-0.3, -0.25) is 4.79 Å². The Kier molecular flexibility index (Phi) is 7.14. The number of nitrogens with one attached hydrogen (secondary N) is 1. The number of carbonyl (C=O) groups is 2. The summed E-state index contributed by atoms with van der Waals surface area (Å²) in [6, 6.07) is 7.32. The van der Waals surface area contributed by atoms with E-state index in [9.17, 15) is 9.59 Å². The van der Waals surface area contributed by atoms with Gasteiger partial charge in [0.25, 0.3) is 5.91 Å². The normalized spacial score (nSPS) is 11.5. The van der Waals surface area contributed by atoms with Crippen molar-refractivity contribution in [3.8, 4) is 23.5 Å². The molecule has 0 unspecified atom stereocenters. The molecule has 1 N–H and O–H groups in total. The zero-order valence-electron chi connectivity index (χ0n) is 16.4. The Morgan fingerprint density at radius 1 is 1.00 bits per heavy atom. The van der Waals surface area contributed by atoms with Gasteiger partial charge in [0, 0.05) is 0 Å². The minimum Gasteiger partial charge on any atom is -0.481 e. The van der Waals surface area contributed by atoms with E-state index in [1.165, 1.54) is 27.4 Å². The average Bonchev–Trinajstić information content (AvgIpc) is 2.71. The number of benzene rings is 1. The molecular weight excluding hydrogens is 366 g/mol. The monoisotopic (exact) mass is 389 g/mol. The van der Waals surface area contributed by atoms with Gasteiger partial charge < -0.3 is 24.3 Å². The molecule has 150 valence electrons. The molecule has 2 aromatic rings. The Labute approximate surface area is 163 Å². The SMILES string of the molecule is COC(=O)[C@@H](NC(=O)c1ccccc1Oc1cc(OC)nc(OC)n1)C(C)C. The predicted molar refractivity (Wildman–Crippen MR) is 99.8 cm³/mol. The van der Waals surface area contributed by atoms with E-state index in [1.54, 1.807) is 24.3 Å². The molecule has 28 heavy (non-hydrogen) atoms. The molecule has 0 fully saturated rings. The molecule has 0 saturated carbocycles. The first-order chi connectivity index (χ1) is 13.4. The summed E-state index contributed by atoms with van der Waals surface area (Å²) >= 11 is 0. The molecule has 0 saturated heterocycles. The van der Waals surface area contributed by atoms with Crippen LogP contribution in [-0.2, 0) is 9.53 Å². The van der Waals surface area contributed by atoms with Gasteiger partial charge in [-0.1, -0.05) is 26.0 Å². The number of carbonyl (C=O) groups excluding carboxylic acids is 2. The van der Waals surface area contributed by atoms with Gasteiger partial charge in [-0.25, -0.2) is 4.79 Å². The molecule has 1 aromatic carbocycles. The Morgan fingerprint density at radius 2 is 1.68 bits per heavy atom. The number of ether oxygens (including phenoxy) is 4. The maximum atomic E-state index is 12.8. The van der Waals surface area contributed by atoms with Crippen LogP contribution in [0.4, 0.5) is 0 Å². The van der Waals surface area contributed by atoms with Crippen molar-refractivity contribution in [2.24, 2.45) is 5.92 Å². The van der Waals surface area contributed by atoms with Crippen LogP contribution in [0, 0.1) is 5.92 Å². The van der Waals surface area contributed by atoms with Crippen LogP contribution < -0.4 is 19.5 Å². The molecule has 1 aromatic heterocycles. The third-order valence-corrected chi connectivity index (χ3v) is 3.80. The number of esters is 1. The number of amides is 1. The van der Waals surface area contributed by atoms with Crippen molar-refractivity contribution in [2.45, 2.75) is 19.9 Å². The number of para-hydroxylation sites is 1. The zero-order valence-corrected chi connectivity index (χ0v) is 16.4. The second kappa shape index (κ2) is 9.54. The van der Waals surface area contributed by atoms with E-state index in [1.807, 2.05) is 13.8 Å². The van der Waals surface area contributed by atoms with Crippen LogP contribution in [0.2, 0.25) is 0 Å².